The fourth-order valence-electron chi connectivity index (χ4n) is 7.74. The first kappa shape index (κ1) is 32.6. The lowest BCUT2D eigenvalue weighted by molar-refractivity contribution is 0.0377. The molecule has 9 heteroatoms. The number of methoxy groups -OCH3 is 5. The lowest BCUT2D eigenvalue weighted by atomic mass is 9.72. The Balaban J connectivity index is 1.45. The Morgan fingerprint density at radius 2 is 1.43 bits per heavy atom. The number of nitrogens with one attached hydrogen (secondary N) is 1. The third-order valence-electron chi connectivity index (χ3n) is 10.1. The molecule has 3 aliphatic heterocycles. The van der Waals surface area contributed by atoms with E-state index >= 15 is 0 Å². The maximum atomic E-state index is 6.08. The Morgan fingerprint density at radius 1 is 0.818 bits per heavy atom. The van der Waals surface area contributed by atoms with Gasteiger partial charge in [-0.25, -0.2) is 0 Å². The predicted molar refractivity (Wildman–Crippen MR) is 178 cm³/mol. The lowest BCUT2D eigenvalue weighted by Gasteiger charge is -2.49. The fourth-order valence-corrected chi connectivity index (χ4v) is 8.06. The molecule has 2 aromatic rings. The van der Waals surface area contributed by atoms with E-state index in [1.54, 1.807) is 35.5 Å². The van der Waals surface area contributed by atoms with E-state index in [1.165, 1.54) is 28.7 Å². The summed E-state index contributed by atoms with van der Waals surface area (Å²) in [6.45, 7) is 7.07. The molecule has 4 atom stereocenters. The molecule has 4 unspecified atom stereocenters. The number of unbranched alkanes of at least 4 members (excludes halogenated alkanes) is 1. The minimum Gasteiger partial charge on any atom is -0.493 e. The second kappa shape index (κ2) is 15.0. The van der Waals surface area contributed by atoms with Crippen LogP contribution in [0, 0.1) is 11.8 Å². The molecular formula is C35H51N3O5S. The third-order valence-corrected chi connectivity index (χ3v) is 10.5. The molecule has 0 amide bonds. The predicted octanol–water partition coefficient (Wildman–Crippen LogP) is 5.96. The van der Waals surface area contributed by atoms with Crippen molar-refractivity contribution in [2.45, 2.75) is 64.0 Å². The van der Waals surface area contributed by atoms with Crippen LogP contribution >= 0.6 is 12.2 Å². The van der Waals surface area contributed by atoms with Gasteiger partial charge in [-0.1, -0.05) is 13.3 Å². The highest BCUT2D eigenvalue weighted by atomic mass is 32.1. The summed E-state index contributed by atoms with van der Waals surface area (Å²) in [5, 5.41) is 4.42. The van der Waals surface area contributed by atoms with Gasteiger partial charge in [0.2, 0.25) is 0 Å². The zero-order valence-electron chi connectivity index (χ0n) is 27.4. The van der Waals surface area contributed by atoms with Crippen molar-refractivity contribution in [2.75, 3.05) is 68.3 Å². The fraction of sp³-hybridized carbons (Fsp3) is 0.629. The molecule has 0 saturated carbocycles. The van der Waals surface area contributed by atoms with Crippen LogP contribution < -0.4 is 24.3 Å². The average Bonchev–Trinajstić information content (AvgIpc) is 3.06. The Hall–Kier alpha value is -2.75. The second-order valence-electron chi connectivity index (χ2n) is 12.4. The van der Waals surface area contributed by atoms with Crippen LogP contribution in [-0.2, 0) is 17.6 Å². The van der Waals surface area contributed by atoms with Crippen LogP contribution in [0.25, 0.3) is 0 Å². The van der Waals surface area contributed by atoms with Gasteiger partial charge in [-0.2, -0.15) is 0 Å². The summed E-state index contributed by atoms with van der Waals surface area (Å²) >= 11 is 6.08. The van der Waals surface area contributed by atoms with E-state index in [1.807, 2.05) is 0 Å². The Bertz CT molecular complexity index is 1290. The number of hydrogen-bond acceptors (Lipinski definition) is 7. The number of rotatable bonds is 12. The first-order valence-corrected chi connectivity index (χ1v) is 16.6. The monoisotopic (exact) mass is 625 g/mol. The van der Waals surface area contributed by atoms with Crippen LogP contribution in [0.4, 0.5) is 0 Å². The molecule has 3 heterocycles. The van der Waals surface area contributed by atoms with E-state index < -0.39 is 0 Å². The van der Waals surface area contributed by atoms with Gasteiger partial charge in [0.25, 0.3) is 0 Å². The highest BCUT2D eigenvalue weighted by Crippen LogP contribution is 2.49. The summed E-state index contributed by atoms with van der Waals surface area (Å²) < 4.78 is 28.1. The summed E-state index contributed by atoms with van der Waals surface area (Å²) in [4.78, 5) is 5.16. The van der Waals surface area contributed by atoms with E-state index in [0.717, 1.165) is 99.4 Å². The zero-order valence-corrected chi connectivity index (χ0v) is 28.3. The molecule has 0 spiro atoms. The van der Waals surface area contributed by atoms with Crippen molar-refractivity contribution in [3.8, 4) is 23.0 Å². The molecule has 3 aliphatic rings. The van der Waals surface area contributed by atoms with Gasteiger partial charge in [-0.05, 0) is 109 Å². The van der Waals surface area contributed by atoms with E-state index in [0.29, 0.717) is 17.9 Å². The number of ether oxygens (including phenoxy) is 5. The summed E-state index contributed by atoms with van der Waals surface area (Å²) in [5.41, 5.74) is 5.43. The van der Waals surface area contributed by atoms with Gasteiger partial charge in [0.1, 0.15) is 0 Å². The summed E-state index contributed by atoms with van der Waals surface area (Å²) in [6.07, 6.45) is 7.34. The summed E-state index contributed by atoms with van der Waals surface area (Å²) in [6, 6.07) is 9.35. The van der Waals surface area contributed by atoms with Crippen LogP contribution in [-0.4, -0.2) is 83.2 Å². The van der Waals surface area contributed by atoms with Crippen molar-refractivity contribution in [1.82, 2.24) is 15.1 Å². The van der Waals surface area contributed by atoms with Crippen molar-refractivity contribution in [2.24, 2.45) is 11.8 Å². The standard InChI is InChI=1S/C35H51N3O5S/c1-7-23-22-37-13-10-24-18-31(40-3)33(42-5)20-27(24)29(37)16-26(23)17-30-28-21-34(43-6)32(41-4)19-25(28)11-14-38(30)35(44)36-12-8-9-15-39-2/h18-21,23,26,29-30H,7-17,22H2,1-6H3,(H,36,44). The third kappa shape index (κ3) is 6.75. The molecule has 0 radical (unpaired) electrons. The molecular weight excluding hydrogens is 574 g/mol. The van der Waals surface area contributed by atoms with E-state index in [9.17, 15) is 0 Å². The van der Waals surface area contributed by atoms with Crippen LogP contribution in [0.2, 0.25) is 0 Å². The second-order valence-corrected chi connectivity index (χ2v) is 12.8. The Kier molecular flexibility index (Phi) is 11.1. The minimum atomic E-state index is 0.164. The molecule has 1 fully saturated rings. The van der Waals surface area contributed by atoms with Crippen molar-refractivity contribution in [1.29, 1.82) is 0 Å². The van der Waals surface area contributed by atoms with E-state index in [4.69, 9.17) is 35.9 Å². The van der Waals surface area contributed by atoms with Crippen molar-refractivity contribution in [3.05, 3.63) is 46.5 Å². The zero-order chi connectivity index (χ0) is 31.2. The van der Waals surface area contributed by atoms with Crippen LogP contribution in [0.1, 0.15) is 73.4 Å². The number of nitrogens with zero attached hydrogens (tertiary/aromatic N) is 2. The molecule has 1 saturated heterocycles. The normalized spacial score (nSPS) is 22.8. The maximum absolute atomic E-state index is 6.08. The van der Waals surface area contributed by atoms with Crippen LogP contribution in [0.5, 0.6) is 23.0 Å². The molecule has 8 nitrogen and oxygen atoms in total. The van der Waals surface area contributed by atoms with Crippen molar-refractivity contribution >= 4 is 17.3 Å². The van der Waals surface area contributed by atoms with Gasteiger partial charge in [-0.3, -0.25) is 4.90 Å². The van der Waals surface area contributed by atoms with Gasteiger partial charge in [-0.15, -0.1) is 0 Å². The van der Waals surface area contributed by atoms with Gasteiger partial charge < -0.3 is 33.9 Å². The SMILES string of the molecule is CCC1CN2CCc3cc(OC)c(OC)cc3C2CC1CC1c2cc(OC)c(OC)cc2CCN1C(=S)NCCCCOC. The molecule has 0 bridgehead atoms. The van der Waals surface area contributed by atoms with Gasteiger partial charge in [0.05, 0.1) is 34.5 Å². The molecule has 0 aromatic heterocycles. The number of fused-ring (bicyclic) bond motifs is 4. The van der Waals surface area contributed by atoms with Gasteiger partial charge in [0.15, 0.2) is 28.1 Å². The first-order chi connectivity index (χ1) is 21.5. The molecule has 0 aliphatic carbocycles. The molecule has 44 heavy (non-hydrogen) atoms. The first-order valence-electron chi connectivity index (χ1n) is 16.2. The lowest BCUT2D eigenvalue weighted by Crippen LogP contribution is -2.49. The van der Waals surface area contributed by atoms with E-state index in [2.05, 4.69) is 46.3 Å². The minimum absolute atomic E-state index is 0.164. The topological polar surface area (TPSA) is 64.7 Å². The summed E-state index contributed by atoms with van der Waals surface area (Å²) in [7, 11) is 8.64. The number of hydrogen-bond donors (Lipinski definition) is 1. The number of thiocarbonyl (C=S) groups is 1. The highest BCUT2D eigenvalue weighted by molar-refractivity contribution is 7.80. The van der Waals surface area contributed by atoms with Crippen molar-refractivity contribution in [3.63, 3.8) is 0 Å². The quantitative estimate of drug-likeness (QED) is 0.228. The highest BCUT2D eigenvalue weighted by Gasteiger charge is 2.41. The molecule has 242 valence electrons. The van der Waals surface area contributed by atoms with Gasteiger partial charge in [0, 0.05) is 45.9 Å². The Labute approximate surface area is 269 Å². The smallest absolute Gasteiger partial charge is 0.169 e. The largest absolute Gasteiger partial charge is 0.493 e. The number of benzene rings is 2. The van der Waals surface area contributed by atoms with Crippen LogP contribution in [0.15, 0.2) is 24.3 Å². The molecule has 1 N–H and O–H groups in total. The van der Waals surface area contributed by atoms with Gasteiger partial charge >= 0.3 is 0 Å². The van der Waals surface area contributed by atoms with Crippen molar-refractivity contribution < 1.29 is 23.7 Å². The number of piperidine rings is 1. The maximum Gasteiger partial charge on any atom is 0.169 e. The van der Waals surface area contributed by atoms with E-state index in [-0.39, 0.29) is 6.04 Å². The molecule has 2 aromatic carbocycles. The average molecular weight is 626 g/mol. The Morgan fingerprint density at radius 3 is 2.07 bits per heavy atom. The summed E-state index contributed by atoms with van der Waals surface area (Å²) in [5.74, 6) is 4.37. The molecule has 5 rings (SSSR count). The van der Waals surface area contributed by atoms with Crippen LogP contribution in [0.3, 0.4) is 0 Å².